The van der Waals surface area contributed by atoms with E-state index in [0.29, 0.717) is 43.3 Å². The standard InChI is InChI=1S/C27H29N5O8S/c1-38-22-9-11-26(39-2)25(17-22)31(41(36,37)23-6-4-3-5-7-23)19-27(33)29-28-18-20-16-21(32(34)35)8-10-24(20)30-12-14-40-15-13-30/h3-11,16-18H,12-15,19H2,1-2H3,(H,29,33)/b28-18+. The van der Waals surface area contributed by atoms with Gasteiger partial charge in [0.15, 0.2) is 0 Å². The lowest BCUT2D eigenvalue weighted by molar-refractivity contribution is -0.384. The highest BCUT2D eigenvalue weighted by molar-refractivity contribution is 7.92. The van der Waals surface area contributed by atoms with Crippen LogP contribution in [0.2, 0.25) is 0 Å². The Balaban J connectivity index is 1.63. The summed E-state index contributed by atoms with van der Waals surface area (Å²) in [4.78, 5) is 25.9. The number of anilines is 2. The molecule has 1 aliphatic heterocycles. The van der Waals surface area contributed by atoms with Crippen LogP contribution >= 0.6 is 0 Å². The van der Waals surface area contributed by atoms with Gasteiger partial charge in [0, 0.05) is 42.5 Å². The van der Waals surface area contributed by atoms with Gasteiger partial charge in [-0.2, -0.15) is 5.10 Å². The molecule has 0 radical (unpaired) electrons. The summed E-state index contributed by atoms with van der Waals surface area (Å²) in [6.07, 6.45) is 1.29. The number of nitro groups is 1. The number of carbonyl (C=O) groups excluding carboxylic acids is 1. The van der Waals surface area contributed by atoms with Crippen molar-refractivity contribution in [2.24, 2.45) is 5.10 Å². The number of ether oxygens (including phenoxy) is 3. The van der Waals surface area contributed by atoms with Gasteiger partial charge in [0.1, 0.15) is 18.0 Å². The number of nitro benzene ring substituents is 1. The second-order valence-electron chi connectivity index (χ2n) is 8.76. The summed E-state index contributed by atoms with van der Waals surface area (Å²) >= 11 is 0. The molecule has 3 aromatic rings. The largest absolute Gasteiger partial charge is 0.497 e. The average Bonchev–Trinajstić information content (AvgIpc) is 3.00. The predicted molar refractivity (Wildman–Crippen MR) is 152 cm³/mol. The number of non-ortho nitro benzene ring substituents is 1. The van der Waals surface area contributed by atoms with Crippen LogP contribution < -0.4 is 24.1 Å². The lowest BCUT2D eigenvalue weighted by Gasteiger charge is -2.29. The maximum absolute atomic E-state index is 13.7. The van der Waals surface area contributed by atoms with Gasteiger partial charge < -0.3 is 19.1 Å². The van der Waals surface area contributed by atoms with Crippen LogP contribution in [0.1, 0.15) is 5.56 Å². The highest BCUT2D eigenvalue weighted by atomic mass is 32.2. The molecule has 1 heterocycles. The van der Waals surface area contributed by atoms with Crippen molar-refractivity contribution in [3.63, 3.8) is 0 Å². The number of morpholine rings is 1. The van der Waals surface area contributed by atoms with E-state index in [0.717, 1.165) is 4.31 Å². The first-order chi connectivity index (χ1) is 19.7. The van der Waals surface area contributed by atoms with Gasteiger partial charge in [-0.15, -0.1) is 0 Å². The summed E-state index contributed by atoms with van der Waals surface area (Å²) in [6, 6.07) is 16.6. The molecule has 216 valence electrons. The van der Waals surface area contributed by atoms with Crippen LogP contribution in [0.5, 0.6) is 11.5 Å². The van der Waals surface area contributed by atoms with Crippen molar-refractivity contribution in [3.8, 4) is 11.5 Å². The molecular weight excluding hydrogens is 554 g/mol. The van der Waals surface area contributed by atoms with E-state index < -0.39 is 27.4 Å². The zero-order chi connectivity index (χ0) is 29.4. The van der Waals surface area contributed by atoms with Gasteiger partial charge in [-0.25, -0.2) is 13.8 Å². The number of carbonyl (C=O) groups is 1. The Hall–Kier alpha value is -4.69. The quantitative estimate of drug-likeness (QED) is 0.204. The molecule has 1 saturated heterocycles. The molecule has 0 bridgehead atoms. The average molecular weight is 584 g/mol. The second-order valence-corrected chi connectivity index (χ2v) is 10.6. The summed E-state index contributed by atoms with van der Waals surface area (Å²) < 4.78 is 44.3. The maximum atomic E-state index is 13.7. The Kier molecular flexibility index (Phi) is 9.37. The number of amides is 1. The topological polar surface area (TPSA) is 153 Å². The fraction of sp³-hybridized carbons (Fsp3) is 0.259. The van der Waals surface area contributed by atoms with Crippen LogP contribution in [-0.2, 0) is 19.6 Å². The maximum Gasteiger partial charge on any atom is 0.270 e. The number of hydrazone groups is 1. The minimum Gasteiger partial charge on any atom is -0.497 e. The molecule has 1 fully saturated rings. The van der Waals surface area contributed by atoms with Crippen molar-refractivity contribution in [1.29, 1.82) is 0 Å². The van der Waals surface area contributed by atoms with Gasteiger partial charge in [-0.1, -0.05) is 18.2 Å². The summed E-state index contributed by atoms with van der Waals surface area (Å²) in [5.74, 6) is -0.203. The van der Waals surface area contributed by atoms with Crippen LogP contribution in [0, 0.1) is 10.1 Å². The van der Waals surface area contributed by atoms with Crippen LogP contribution in [0.25, 0.3) is 0 Å². The van der Waals surface area contributed by atoms with Crippen LogP contribution in [0.4, 0.5) is 17.1 Å². The zero-order valence-corrected chi connectivity index (χ0v) is 23.2. The summed E-state index contributed by atoms with van der Waals surface area (Å²) in [5, 5.41) is 15.4. The molecule has 13 nitrogen and oxygen atoms in total. The number of sulfonamides is 1. The third-order valence-corrected chi connectivity index (χ3v) is 8.01. The van der Waals surface area contributed by atoms with Gasteiger partial charge in [-0.05, 0) is 30.3 Å². The van der Waals surface area contributed by atoms with E-state index >= 15 is 0 Å². The summed E-state index contributed by atoms with van der Waals surface area (Å²) in [7, 11) is -1.41. The van der Waals surface area contributed by atoms with Crippen LogP contribution in [-0.4, -0.2) is 72.5 Å². The predicted octanol–water partition coefficient (Wildman–Crippen LogP) is 2.79. The molecule has 0 atom stereocenters. The van der Waals surface area contributed by atoms with Crippen molar-refractivity contribution < 1.29 is 32.3 Å². The van der Waals surface area contributed by atoms with E-state index in [2.05, 4.69) is 10.5 Å². The highest BCUT2D eigenvalue weighted by Gasteiger charge is 2.30. The first kappa shape index (κ1) is 29.3. The first-order valence-corrected chi connectivity index (χ1v) is 13.9. The van der Waals surface area contributed by atoms with Gasteiger partial charge >= 0.3 is 0 Å². The molecule has 1 amide bonds. The second kappa shape index (κ2) is 13.1. The lowest BCUT2D eigenvalue weighted by Crippen LogP contribution is -2.39. The van der Waals surface area contributed by atoms with Crippen LogP contribution in [0.3, 0.4) is 0 Å². The molecule has 1 N–H and O–H groups in total. The molecule has 0 saturated carbocycles. The SMILES string of the molecule is COc1ccc(OC)c(N(CC(=O)N/N=C/c2cc([N+](=O)[O-])ccc2N2CCOCC2)S(=O)(=O)c2ccccc2)c1. The normalized spacial score (nSPS) is 13.6. The minimum atomic E-state index is -4.23. The minimum absolute atomic E-state index is 0.0343. The summed E-state index contributed by atoms with van der Waals surface area (Å²) in [6.45, 7) is 1.52. The first-order valence-electron chi connectivity index (χ1n) is 12.5. The van der Waals surface area contributed by atoms with Crippen LogP contribution in [0.15, 0.2) is 76.7 Å². The van der Waals surface area contributed by atoms with Gasteiger partial charge in [-0.3, -0.25) is 19.2 Å². The smallest absolute Gasteiger partial charge is 0.270 e. The molecule has 0 spiro atoms. The Morgan fingerprint density at radius 3 is 2.49 bits per heavy atom. The third kappa shape index (κ3) is 6.91. The van der Waals surface area contributed by atoms with Gasteiger partial charge in [0.2, 0.25) is 0 Å². The number of rotatable bonds is 11. The number of methoxy groups -OCH3 is 2. The molecule has 41 heavy (non-hydrogen) atoms. The Morgan fingerprint density at radius 1 is 1.10 bits per heavy atom. The van der Waals surface area contributed by atoms with E-state index in [1.54, 1.807) is 30.3 Å². The van der Waals surface area contributed by atoms with E-state index in [1.807, 2.05) is 4.90 Å². The van der Waals surface area contributed by atoms with Crippen molar-refractivity contribution in [3.05, 3.63) is 82.4 Å². The molecule has 3 aromatic carbocycles. The number of hydrogen-bond donors (Lipinski definition) is 1. The Labute approximate surface area is 237 Å². The number of nitrogens with zero attached hydrogens (tertiary/aromatic N) is 4. The molecule has 0 unspecified atom stereocenters. The number of benzene rings is 3. The van der Waals surface area contributed by atoms with E-state index in [1.165, 1.54) is 56.8 Å². The lowest BCUT2D eigenvalue weighted by atomic mass is 10.1. The van der Waals surface area contributed by atoms with Crippen molar-refractivity contribution in [1.82, 2.24) is 5.43 Å². The van der Waals surface area contributed by atoms with Crippen molar-refractivity contribution in [2.75, 3.05) is 56.3 Å². The molecule has 4 rings (SSSR count). The fourth-order valence-corrected chi connectivity index (χ4v) is 5.65. The highest BCUT2D eigenvalue weighted by Crippen LogP contribution is 2.35. The zero-order valence-electron chi connectivity index (χ0n) is 22.4. The molecule has 0 aliphatic carbocycles. The van der Waals surface area contributed by atoms with Crippen molar-refractivity contribution in [2.45, 2.75) is 4.90 Å². The van der Waals surface area contributed by atoms with E-state index in [9.17, 15) is 23.3 Å². The van der Waals surface area contributed by atoms with E-state index in [-0.39, 0.29) is 22.0 Å². The Morgan fingerprint density at radius 2 is 1.83 bits per heavy atom. The molecular formula is C27H29N5O8S. The number of hydrogen-bond acceptors (Lipinski definition) is 10. The third-order valence-electron chi connectivity index (χ3n) is 6.24. The Bertz CT molecular complexity index is 1530. The fourth-order valence-electron chi connectivity index (χ4n) is 4.20. The summed E-state index contributed by atoms with van der Waals surface area (Å²) in [5.41, 5.74) is 3.38. The molecule has 1 aliphatic rings. The molecule has 0 aromatic heterocycles. The van der Waals surface area contributed by atoms with Gasteiger partial charge in [0.05, 0.1) is 49.2 Å². The monoisotopic (exact) mass is 583 g/mol. The van der Waals surface area contributed by atoms with Gasteiger partial charge in [0.25, 0.3) is 21.6 Å². The van der Waals surface area contributed by atoms with Crippen molar-refractivity contribution >= 4 is 39.2 Å². The number of nitrogens with one attached hydrogen (secondary N) is 1. The molecule has 14 heteroatoms. The van der Waals surface area contributed by atoms with E-state index in [4.69, 9.17) is 14.2 Å².